The second-order valence-electron chi connectivity index (χ2n) is 5.73. The van der Waals surface area contributed by atoms with E-state index in [1.54, 1.807) is 0 Å². The van der Waals surface area contributed by atoms with Crippen molar-refractivity contribution in [1.82, 2.24) is 14.9 Å². The monoisotopic (exact) mass is 336 g/mol. The first-order valence-corrected chi connectivity index (χ1v) is 8.67. The van der Waals surface area contributed by atoms with Gasteiger partial charge in [0, 0.05) is 11.4 Å². The smallest absolute Gasteiger partial charge is 0.329 e. The van der Waals surface area contributed by atoms with E-state index in [1.165, 1.54) is 16.2 Å². The molecule has 7 nitrogen and oxygen atoms in total. The van der Waals surface area contributed by atoms with Gasteiger partial charge in [-0.05, 0) is 44.2 Å². The Bertz CT molecular complexity index is 849. The van der Waals surface area contributed by atoms with Crippen LogP contribution in [-0.2, 0) is 24.2 Å². The van der Waals surface area contributed by atoms with E-state index in [0.717, 1.165) is 35.8 Å². The van der Waals surface area contributed by atoms with E-state index in [0.29, 0.717) is 29.7 Å². The number of thiophene rings is 1. The standard InChI is InChI=1S/C15H20N4O3S/c16-6-3-7-17-11(20)8-19-14(21)12-9-4-1-2-5-10(9)23-13(12)18-15(19)22/h1-8,16H2,(H,17,20)(H,18,22). The van der Waals surface area contributed by atoms with Crippen LogP contribution in [0.4, 0.5) is 0 Å². The van der Waals surface area contributed by atoms with Gasteiger partial charge in [-0.15, -0.1) is 11.3 Å². The Balaban J connectivity index is 1.96. The lowest BCUT2D eigenvalue weighted by atomic mass is 9.97. The van der Waals surface area contributed by atoms with E-state index in [4.69, 9.17) is 5.73 Å². The molecule has 0 radical (unpaired) electrons. The molecule has 1 aliphatic carbocycles. The molecule has 8 heteroatoms. The number of hydrogen-bond donors (Lipinski definition) is 3. The number of rotatable bonds is 5. The molecule has 0 unspecified atom stereocenters. The highest BCUT2D eigenvalue weighted by atomic mass is 32.1. The second-order valence-corrected chi connectivity index (χ2v) is 6.83. The maximum Gasteiger partial charge on any atom is 0.329 e. The van der Waals surface area contributed by atoms with Crippen LogP contribution < -0.4 is 22.3 Å². The van der Waals surface area contributed by atoms with Gasteiger partial charge in [0.25, 0.3) is 5.56 Å². The molecule has 2 aromatic heterocycles. The molecule has 1 amide bonds. The number of hydrogen-bond acceptors (Lipinski definition) is 5. The molecule has 1 aliphatic rings. The van der Waals surface area contributed by atoms with Crippen LogP contribution in [0.25, 0.3) is 10.2 Å². The van der Waals surface area contributed by atoms with E-state index >= 15 is 0 Å². The molecule has 0 spiro atoms. The Kier molecular flexibility index (Phi) is 4.63. The number of nitrogens with two attached hydrogens (primary N) is 1. The first-order chi connectivity index (χ1) is 11.1. The molecule has 0 fully saturated rings. The number of H-pyrrole nitrogens is 1. The SMILES string of the molecule is NCCCNC(=O)Cn1c(=O)[nH]c2sc3c(c2c1=O)CCCC3. The van der Waals surface area contributed by atoms with Crippen LogP contribution in [0.3, 0.4) is 0 Å². The molecule has 4 N–H and O–H groups in total. The van der Waals surface area contributed by atoms with Crippen LogP contribution >= 0.6 is 11.3 Å². The molecule has 0 aromatic carbocycles. The van der Waals surface area contributed by atoms with Crippen molar-refractivity contribution in [3.05, 3.63) is 31.3 Å². The predicted octanol–water partition coefficient (Wildman–Crippen LogP) is 0.0951. The summed E-state index contributed by atoms with van der Waals surface area (Å²) in [5.41, 5.74) is 5.52. The zero-order valence-electron chi connectivity index (χ0n) is 12.8. The highest BCUT2D eigenvalue weighted by Gasteiger charge is 2.21. The molecule has 23 heavy (non-hydrogen) atoms. The fraction of sp³-hybridized carbons (Fsp3) is 0.533. The third-order valence-electron chi connectivity index (χ3n) is 4.10. The Morgan fingerprint density at radius 1 is 1.30 bits per heavy atom. The van der Waals surface area contributed by atoms with Gasteiger partial charge in [-0.1, -0.05) is 0 Å². The van der Waals surface area contributed by atoms with Gasteiger partial charge in [0.05, 0.1) is 5.39 Å². The van der Waals surface area contributed by atoms with Crippen LogP contribution in [0.15, 0.2) is 9.59 Å². The van der Waals surface area contributed by atoms with Crippen LogP contribution in [0.1, 0.15) is 29.7 Å². The average Bonchev–Trinajstić information content (AvgIpc) is 2.89. The number of aryl methyl sites for hydroxylation is 2. The number of carbonyl (C=O) groups is 1. The summed E-state index contributed by atoms with van der Waals surface area (Å²) in [6.07, 6.45) is 4.64. The number of aromatic amines is 1. The topological polar surface area (TPSA) is 110 Å². The third kappa shape index (κ3) is 3.09. The van der Waals surface area contributed by atoms with Gasteiger partial charge >= 0.3 is 5.69 Å². The van der Waals surface area contributed by atoms with Crippen molar-refractivity contribution < 1.29 is 4.79 Å². The number of carbonyl (C=O) groups excluding carboxylic acids is 1. The lowest BCUT2D eigenvalue weighted by Crippen LogP contribution is -2.40. The van der Waals surface area contributed by atoms with Crippen molar-refractivity contribution in [2.75, 3.05) is 13.1 Å². The summed E-state index contributed by atoms with van der Waals surface area (Å²) in [4.78, 5) is 41.3. The highest BCUT2D eigenvalue weighted by molar-refractivity contribution is 7.18. The van der Waals surface area contributed by atoms with Crippen LogP contribution in [0.2, 0.25) is 0 Å². The first-order valence-electron chi connectivity index (χ1n) is 7.86. The zero-order chi connectivity index (χ0) is 16.4. The Morgan fingerprint density at radius 2 is 2.09 bits per heavy atom. The van der Waals surface area contributed by atoms with E-state index < -0.39 is 5.69 Å². The fourth-order valence-corrected chi connectivity index (χ4v) is 4.22. The molecule has 0 aliphatic heterocycles. The van der Waals surface area contributed by atoms with E-state index in [9.17, 15) is 14.4 Å². The van der Waals surface area contributed by atoms with Gasteiger partial charge in [-0.2, -0.15) is 0 Å². The molecule has 2 aromatic rings. The number of fused-ring (bicyclic) bond motifs is 3. The van der Waals surface area contributed by atoms with Crippen molar-refractivity contribution in [3.63, 3.8) is 0 Å². The van der Waals surface area contributed by atoms with Crippen LogP contribution in [0.5, 0.6) is 0 Å². The van der Waals surface area contributed by atoms with E-state index in [1.807, 2.05) is 0 Å². The Labute approximate surface area is 136 Å². The lowest BCUT2D eigenvalue weighted by molar-refractivity contribution is -0.121. The molecule has 124 valence electrons. The van der Waals surface area contributed by atoms with Gasteiger partial charge < -0.3 is 11.1 Å². The maximum absolute atomic E-state index is 12.7. The number of nitrogens with one attached hydrogen (secondary N) is 2. The Hall–Kier alpha value is -1.93. The van der Waals surface area contributed by atoms with Gasteiger partial charge in [0.1, 0.15) is 11.4 Å². The minimum Gasteiger partial charge on any atom is -0.354 e. The highest BCUT2D eigenvalue weighted by Crippen LogP contribution is 2.32. The third-order valence-corrected chi connectivity index (χ3v) is 5.31. The van der Waals surface area contributed by atoms with E-state index in [-0.39, 0.29) is 18.0 Å². The summed E-state index contributed by atoms with van der Waals surface area (Å²) in [5.74, 6) is -0.352. The Morgan fingerprint density at radius 3 is 2.87 bits per heavy atom. The first kappa shape index (κ1) is 15.9. The lowest BCUT2D eigenvalue weighted by Gasteiger charge is -2.10. The maximum atomic E-state index is 12.7. The summed E-state index contributed by atoms with van der Waals surface area (Å²) >= 11 is 1.49. The molecule has 0 saturated heterocycles. The molecule has 3 rings (SSSR count). The quantitative estimate of drug-likeness (QED) is 0.672. The van der Waals surface area contributed by atoms with Gasteiger partial charge in [-0.25, -0.2) is 4.79 Å². The normalized spacial score (nSPS) is 14.0. The summed E-state index contributed by atoms with van der Waals surface area (Å²) in [6, 6.07) is 0. The van der Waals surface area contributed by atoms with Crippen LogP contribution in [0, 0.1) is 0 Å². The molecule has 2 heterocycles. The number of nitrogens with zero attached hydrogens (tertiary/aromatic N) is 1. The van der Waals surface area contributed by atoms with Gasteiger partial charge in [-0.3, -0.25) is 19.1 Å². The van der Waals surface area contributed by atoms with Crippen molar-refractivity contribution in [1.29, 1.82) is 0 Å². The zero-order valence-corrected chi connectivity index (χ0v) is 13.6. The molecule has 0 bridgehead atoms. The number of aromatic nitrogens is 2. The largest absolute Gasteiger partial charge is 0.354 e. The van der Waals surface area contributed by atoms with E-state index in [2.05, 4.69) is 10.3 Å². The molecular formula is C15H20N4O3S. The van der Waals surface area contributed by atoms with Crippen molar-refractivity contribution in [3.8, 4) is 0 Å². The van der Waals surface area contributed by atoms with Gasteiger partial charge in [0.15, 0.2) is 0 Å². The minimum absolute atomic E-state index is 0.265. The van der Waals surface area contributed by atoms with Gasteiger partial charge in [0.2, 0.25) is 5.91 Å². The fourth-order valence-electron chi connectivity index (χ4n) is 2.94. The summed E-state index contributed by atoms with van der Waals surface area (Å²) in [5, 5.41) is 3.24. The number of amides is 1. The van der Waals surface area contributed by atoms with Crippen LogP contribution in [-0.4, -0.2) is 28.5 Å². The second kappa shape index (κ2) is 6.67. The summed E-state index contributed by atoms with van der Waals surface area (Å²) in [7, 11) is 0. The van der Waals surface area contributed by atoms with Crippen molar-refractivity contribution in [2.24, 2.45) is 5.73 Å². The van der Waals surface area contributed by atoms with Crippen molar-refractivity contribution >= 4 is 27.5 Å². The van der Waals surface area contributed by atoms with Crippen molar-refractivity contribution in [2.45, 2.75) is 38.6 Å². The summed E-state index contributed by atoms with van der Waals surface area (Å²) < 4.78 is 0.988. The summed E-state index contributed by atoms with van der Waals surface area (Å²) in [6.45, 7) is 0.658. The molecule has 0 saturated carbocycles. The minimum atomic E-state index is -0.532. The predicted molar refractivity (Wildman–Crippen MR) is 90.0 cm³/mol. The molecule has 0 atom stereocenters. The average molecular weight is 336 g/mol. The molecular weight excluding hydrogens is 316 g/mol.